The van der Waals surface area contributed by atoms with Crippen LogP contribution in [-0.4, -0.2) is 22.1 Å². The van der Waals surface area contributed by atoms with Crippen molar-refractivity contribution < 1.29 is 4.79 Å². The molecule has 4 heteroatoms. The summed E-state index contributed by atoms with van der Waals surface area (Å²) in [6.07, 6.45) is 5.84. The maximum atomic E-state index is 11.8. The van der Waals surface area contributed by atoms with E-state index >= 15 is 0 Å². The minimum absolute atomic E-state index is 0.0311. The molecule has 0 radical (unpaired) electrons. The van der Waals surface area contributed by atoms with Crippen LogP contribution in [0.15, 0.2) is 6.07 Å². The fourth-order valence-electron chi connectivity index (χ4n) is 2.02. The molecular formula is C12H17N3O. The van der Waals surface area contributed by atoms with E-state index in [0.29, 0.717) is 11.7 Å². The Morgan fingerprint density at radius 2 is 2.31 bits per heavy atom. The topological polar surface area (TPSA) is 57.8 Å². The van der Waals surface area contributed by atoms with Gasteiger partial charge in [0, 0.05) is 17.2 Å². The van der Waals surface area contributed by atoms with E-state index in [-0.39, 0.29) is 11.3 Å². The number of nitrogens with one attached hydrogen (secondary N) is 2. The summed E-state index contributed by atoms with van der Waals surface area (Å²) in [4.78, 5) is 11.8. The van der Waals surface area contributed by atoms with Gasteiger partial charge in [-0.2, -0.15) is 5.10 Å². The molecule has 0 atom stereocenters. The first-order chi connectivity index (χ1) is 7.67. The SMILES string of the molecule is CC1(c2cc(C(=O)NC3CCC3)n[nH]2)CC1. The Labute approximate surface area is 94.8 Å². The van der Waals surface area contributed by atoms with Crippen LogP contribution in [0.4, 0.5) is 0 Å². The van der Waals surface area contributed by atoms with Gasteiger partial charge in [-0.25, -0.2) is 0 Å². The molecule has 0 saturated heterocycles. The van der Waals surface area contributed by atoms with Gasteiger partial charge in [-0.3, -0.25) is 9.89 Å². The van der Waals surface area contributed by atoms with Gasteiger partial charge in [0.05, 0.1) is 0 Å². The summed E-state index contributed by atoms with van der Waals surface area (Å²) in [7, 11) is 0. The Morgan fingerprint density at radius 1 is 1.56 bits per heavy atom. The fraction of sp³-hybridized carbons (Fsp3) is 0.667. The summed E-state index contributed by atoms with van der Waals surface area (Å²) < 4.78 is 0. The number of rotatable bonds is 3. The smallest absolute Gasteiger partial charge is 0.271 e. The maximum absolute atomic E-state index is 11.8. The lowest BCUT2D eigenvalue weighted by atomic mass is 9.93. The number of carbonyl (C=O) groups is 1. The van der Waals surface area contributed by atoms with Crippen LogP contribution in [-0.2, 0) is 5.41 Å². The molecule has 2 fully saturated rings. The van der Waals surface area contributed by atoms with E-state index in [9.17, 15) is 4.79 Å². The Bertz CT molecular complexity index is 416. The molecular weight excluding hydrogens is 202 g/mol. The van der Waals surface area contributed by atoms with Gasteiger partial charge >= 0.3 is 0 Å². The minimum Gasteiger partial charge on any atom is -0.348 e. The normalized spacial score (nSPS) is 22.6. The predicted octanol–water partition coefficient (Wildman–Crippen LogP) is 1.74. The van der Waals surface area contributed by atoms with Gasteiger partial charge in [-0.15, -0.1) is 0 Å². The zero-order valence-corrected chi connectivity index (χ0v) is 9.55. The highest BCUT2D eigenvalue weighted by Gasteiger charge is 2.41. The minimum atomic E-state index is -0.0311. The van der Waals surface area contributed by atoms with Crippen molar-refractivity contribution in [1.29, 1.82) is 0 Å². The van der Waals surface area contributed by atoms with Crippen LogP contribution in [0.2, 0.25) is 0 Å². The first-order valence-corrected chi connectivity index (χ1v) is 6.04. The number of aromatic nitrogens is 2. The summed E-state index contributed by atoms with van der Waals surface area (Å²) >= 11 is 0. The van der Waals surface area contributed by atoms with E-state index in [0.717, 1.165) is 18.5 Å². The summed E-state index contributed by atoms with van der Waals surface area (Å²) in [5, 5.41) is 10.1. The Morgan fingerprint density at radius 3 is 2.88 bits per heavy atom. The molecule has 1 aromatic rings. The average molecular weight is 219 g/mol. The van der Waals surface area contributed by atoms with E-state index in [1.54, 1.807) is 0 Å². The quantitative estimate of drug-likeness (QED) is 0.813. The van der Waals surface area contributed by atoms with Crippen molar-refractivity contribution in [2.24, 2.45) is 0 Å². The van der Waals surface area contributed by atoms with Crippen LogP contribution in [0.5, 0.6) is 0 Å². The molecule has 0 bridgehead atoms. The van der Waals surface area contributed by atoms with Crippen molar-refractivity contribution in [2.75, 3.05) is 0 Å². The van der Waals surface area contributed by atoms with Crippen molar-refractivity contribution in [1.82, 2.24) is 15.5 Å². The lowest BCUT2D eigenvalue weighted by Gasteiger charge is -2.25. The second-order valence-electron chi connectivity index (χ2n) is 5.33. The van der Waals surface area contributed by atoms with Crippen LogP contribution in [0, 0.1) is 0 Å². The number of hydrogen-bond donors (Lipinski definition) is 2. The molecule has 16 heavy (non-hydrogen) atoms. The third-order valence-electron chi connectivity index (χ3n) is 3.90. The number of carbonyl (C=O) groups excluding carboxylic acids is 1. The molecule has 2 aliphatic carbocycles. The van der Waals surface area contributed by atoms with Crippen molar-refractivity contribution in [3.63, 3.8) is 0 Å². The Balaban J connectivity index is 1.69. The van der Waals surface area contributed by atoms with Crippen LogP contribution in [0.1, 0.15) is 55.2 Å². The molecule has 3 rings (SSSR count). The second-order valence-corrected chi connectivity index (χ2v) is 5.33. The molecule has 0 aromatic carbocycles. The van der Waals surface area contributed by atoms with Crippen molar-refractivity contribution in [2.45, 2.75) is 50.5 Å². The number of aromatic amines is 1. The lowest BCUT2D eigenvalue weighted by Crippen LogP contribution is -2.39. The summed E-state index contributed by atoms with van der Waals surface area (Å²) in [5.74, 6) is -0.0311. The average Bonchev–Trinajstić information content (AvgIpc) is 2.79. The predicted molar refractivity (Wildman–Crippen MR) is 60.3 cm³/mol. The third-order valence-corrected chi connectivity index (χ3v) is 3.90. The van der Waals surface area contributed by atoms with Crippen LogP contribution in [0.25, 0.3) is 0 Å². The van der Waals surface area contributed by atoms with Gasteiger partial charge in [-0.05, 0) is 38.2 Å². The molecule has 2 N–H and O–H groups in total. The third kappa shape index (κ3) is 1.62. The molecule has 1 heterocycles. The van der Waals surface area contributed by atoms with Gasteiger partial charge in [0.1, 0.15) is 5.69 Å². The largest absolute Gasteiger partial charge is 0.348 e. The highest BCUT2D eigenvalue weighted by molar-refractivity contribution is 5.92. The first-order valence-electron chi connectivity index (χ1n) is 6.04. The van der Waals surface area contributed by atoms with Gasteiger partial charge in [0.15, 0.2) is 0 Å². The zero-order chi connectivity index (χ0) is 11.2. The number of amides is 1. The van der Waals surface area contributed by atoms with Crippen molar-refractivity contribution in [3.05, 3.63) is 17.5 Å². The number of hydrogen-bond acceptors (Lipinski definition) is 2. The van der Waals surface area contributed by atoms with Crippen LogP contribution >= 0.6 is 0 Å². The van der Waals surface area contributed by atoms with Gasteiger partial charge in [-0.1, -0.05) is 6.92 Å². The lowest BCUT2D eigenvalue weighted by molar-refractivity contribution is 0.0912. The van der Waals surface area contributed by atoms with Crippen LogP contribution in [0.3, 0.4) is 0 Å². The van der Waals surface area contributed by atoms with Crippen LogP contribution < -0.4 is 5.32 Å². The molecule has 2 aliphatic rings. The van der Waals surface area contributed by atoms with Gasteiger partial charge in [0.25, 0.3) is 5.91 Å². The highest BCUT2D eigenvalue weighted by atomic mass is 16.2. The second kappa shape index (κ2) is 3.34. The fourth-order valence-corrected chi connectivity index (χ4v) is 2.02. The molecule has 0 aliphatic heterocycles. The number of nitrogens with zero attached hydrogens (tertiary/aromatic N) is 1. The summed E-state index contributed by atoms with van der Waals surface area (Å²) in [5.41, 5.74) is 1.89. The van der Waals surface area contributed by atoms with Gasteiger partial charge < -0.3 is 5.32 Å². The van der Waals surface area contributed by atoms with E-state index in [2.05, 4.69) is 22.4 Å². The van der Waals surface area contributed by atoms with E-state index in [1.807, 2.05) is 6.07 Å². The molecule has 0 unspecified atom stereocenters. The molecule has 1 amide bonds. The standard InChI is InChI=1S/C12H17N3O/c1-12(5-6-12)10-7-9(14-15-10)11(16)13-8-3-2-4-8/h7-8H,2-6H2,1H3,(H,13,16)(H,14,15). The molecule has 2 saturated carbocycles. The van der Waals surface area contributed by atoms with Gasteiger partial charge in [0.2, 0.25) is 0 Å². The van der Waals surface area contributed by atoms with E-state index in [1.165, 1.54) is 19.3 Å². The number of H-pyrrole nitrogens is 1. The Hall–Kier alpha value is -1.32. The zero-order valence-electron chi connectivity index (χ0n) is 9.55. The van der Waals surface area contributed by atoms with E-state index in [4.69, 9.17) is 0 Å². The van der Waals surface area contributed by atoms with Crippen molar-refractivity contribution >= 4 is 5.91 Å². The Kier molecular flexibility index (Phi) is 2.06. The summed E-state index contributed by atoms with van der Waals surface area (Å²) in [6.45, 7) is 2.20. The van der Waals surface area contributed by atoms with E-state index < -0.39 is 0 Å². The molecule has 0 spiro atoms. The highest BCUT2D eigenvalue weighted by Crippen LogP contribution is 2.46. The monoisotopic (exact) mass is 219 g/mol. The van der Waals surface area contributed by atoms with Crippen molar-refractivity contribution in [3.8, 4) is 0 Å². The molecule has 4 nitrogen and oxygen atoms in total. The first kappa shape index (κ1) is 9.87. The summed E-state index contributed by atoms with van der Waals surface area (Å²) in [6, 6.07) is 2.28. The molecule has 1 aromatic heterocycles. The molecule has 86 valence electrons. The maximum Gasteiger partial charge on any atom is 0.271 e.